The molecular weight excluding hydrogens is 1450 g/mol. The molecule has 35 heteroatoms. The van der Waals surface area contributed by atoms with Gasteiger partial charge in [0.25, 0.3) is 0 Å². The summed E-state index contributed by atoms with van der Waals surface area (Å²) in [4.78, 5) is 49.6. The van der Waals surface area contributed by atoms with Crippen molar-refractivity contribution in [1.29, 1.82) is 0 Å². The number of carbonyl (C=O) groups is 2. The van der Waals surface area contributed by atoms with Crippen LogP contribution >= 0.6 is 71.1 Å². The number of oxime groups is 2. The van der Waals surface area contributed by atoms with Gasteiger partial charge in [-0.1, -0.05) is 44.1 Å². The summed E-state index contributed by atoms with van der Waals surface area (Å²) >= 11 is 16.9. The van der Waals surface area contributed by atoms with Gasteiger partial charge in [-0.3, -0.25) is 19.4 Å². The molecule has 0 amide bonds. The van der Waals surface area contributed by atoms with Crippen LogP contribution in [-0.4, -0.2) is 95.8 Å². The van der Waals surface area contributed by atoms with Gasteiger partial charge in [-0.2, -0.15) is 39.5 Å². The van der Waals surface area contributed by atoms with E-state index in [1.54, 1.807) is 30.3 Å². The van der Waals surface area contributed by atoms with Crippen molar-refractivity contribution in [1.82, 2.24) is 20.4 Å². The zero-order valence-electron chi connectivity index (χ0n) is 42.9. The van der Waals surface area contributed by atoms with Crippen molar-refractivity contribution in [3.05, 3.63) is 172 Å². The third kappa shape index (κ3) is 21.5. The van der Waals surface area contributed by atoms with Crippen LogP contribution in [0.4, 0.5) is 52.7 Å². The summed E-state index contributed by atoms with van der Waals surface area (Å²) in [6.45, 7) is 1.20. The van der Waals surface area contributed by atoms with E-state index in [9.17, 15) is 62.3 Å². The molecule has 1 aliphatic heterocycles. The van der Waals surface area contributed by atoms with Crippen LogP contribution in [0, 0.1) is 17.5 Å². The van der Waals surface area contributed by atoms with Gasteiger partial charge in [-0.05, 0) is 152 Å². The predicted octanol–water partition coefficient (Wildman–Crippen LogP) is 13.0. The van der Waals surface area contributed by atoms with Crippen molar-refractivity contribution < 1.29 is 91.4 Å². The number of amidine groups is 3. The van der Waals surface area contributed by atoms with Gasteiger partial charge in [0.1, 0.15) is 47.2 Å². The van der Waals surface area contributed by atoms with Crippen LogP contribution < -0.4 is 31.2 Å². The van der Waals surface area contributed by atoms with Crippen LogP contribution in [0.15, 0.2) is 120 Å². The average molecular weight is 1490 g/mol. The van der Waals surface area contributed by atoms with Crippen LogP contribution in [0.3, 0.4) is 0 Å². The zero-order chi connectivity index (χ0) is 63.3. The summed E-state index contributed by atoms with van der Waals surface area (Å²) in [6.07, 6.45) is -14.5. The molecule has 3 aromatic carbocycles. The molecule has 7 rings (SSSR count). The van der Waals surface area contributed by atoms with Crippen molar-refractivity contribution in [2.24, 2.45) is 26.8 Å². The number of halogens is 16. The van der Waals surface area contributed by atoms with Crippen LogP contribution in [0.1, 0.15) is 66.1 Å². The Labute approximate surface area is 508 Å². The van der Waals surface area contributed by atoms with Crippen LogP contribution in [0.5, 0.6) is 17.6 Å². The Balaban J connectivity index is 0.000000301. The molecule has 0 saturated heterocycles. The number of rotatable bonds is 13. The fraction of sp³-hybridized carbons (Fsp3) is 0.224. The third-order valence-corrected chi connectivity index (χ3v) is 12.3. The number of hydroxylamine groups is 1. The van der Waals surface area contributed by atoms with Crippen molar-refractivity contribution in [3.8, 4) is 17.6 Å². The Morgan fingerprint density at radius 1 is 0.679 bits per heavy atom. The second-order valence-corrected chi connectivity index (χ2v) is 20.1. The number of nitrogens with zero attached hydrogens (tertiary/aromatic N) is 6. The number of nitrogens with two attached hydrogens (primary N) is 2. The first-order chi connectivity index (χ1) is 39.4. The Hall–Kier alpha value is -6.58. The second-order valence-electron chi connectivity index (χ2n) is 15.5. The monoisotopic (exact) mass is 1490 g/mol. The Morgan fingerprint density at radius 2 is 1.10 bits per heavy atom. The van der Waals surface area contributed by atoms with E-state index in [1.165, 1.54) is 33.5 Å². The SMILES string of the molecule is COc1nc(/C(N)=N/O)ccc1Br.COc1nc(/C(N)=N/OCC(=O)c2ccc(F)c(C(F)(F)F)c2)ccc1Br.COc1nc(C2=NC(c3ccc(F)c(C(F)(F)F)c3)CON2)ccc1Br.CP=S.O=C(CBr)c1ccc(F)c(C(F)(F)F)c1. The summed E-state index contributed by atoms with van der Waals surface area (Å²) in [5.74, 6) is -4.60. The maximum Gasteiger partial charge on any atom is 0.419 e. The minimum Gasteiger partial charge on any atom is -0.480 e. The molecule has 1 aliphatic rings. The lowest BCUT2D eigenvalue weighted by Gasteiger charge is -2.22. The van der Waals surface area contributed by atoms with Gasteiger partial charge in [0.2, 0.25) is 23.4 Å². The first kappa shape index (κ1) is 71.7. The number of alkyl halides is 10. The highest BCUT2D eigenvalue weighted by Crippen LogP contribution is 2.36. The number of methoxy groups -OCH3 is 3. The fourth-order valence-electron chi connectivity index (χ4n) is 6.03. The standard InChI is InChI=1S/C16H12BrF4N3O3.C16H12BrF4N3O2.C9H5BrF4O.C7H8BrN3O2.CH3PS/c1-26-15-10(17)3-5-12(23-15)14(22)24-27-7-13(25)8-2-4-11(18)9(6-8)16(19,20)21;1-25-15-10(17)3-5-12(23-15)14-22-13(7-26-24-14)8-2-4-11(18)9(6-8)16(19,20)21;10-4-8(15)5-1-2-7(11)6(3-5)9(12,13)14;1-13-7-4(8)2-3-5(10-7)6(9)11-12;1-2-3/h2-6H,7H2,1H3,(H2,22,24);2-6,13H,7H2,1H3,(H,22,24);1-3H,4H2;2-3,12H,1H3,(H2,9,11);1H3. The molecule has 0 fully saturated rings. The molecule has 0 radical (unpaired) electrons. The minimum absolute atomic E-state index is 0.0138. The minimum atomic E-state index is -4.92. The Morgan fingerprint density at radius 3 is 1.54 bits per heavy atom. The summed E-state index contributed by atoms with van der Waals surface area (Å²) in [7, 11) is 5.34. The molecule has 452 valence electrons. The van der Waals surface area contributed by atoms with E-state index < -0.39 is 76.9 Å². The van der Waals surface area contributed by atoms with Crippen LogP contribution in [0.2, 0.25) is 0 Å². The fourth-order valence-corrected chi connectivity index (χ4v) is 7.50. The number of carbonyl (C=O) groups excluding carboxylic acids is 2. The molecule has 1 atom stereocenters. The summed E-state index contributed by atoms with van der Waals surface area (Å²) < 4.78 is 170. The van der Waals surface area contributed by atoms with Gasteiger partial charge in [0, 0.05) is 11.1 Å². The molecule has 0 saturated carbocycles. The average Bonchev–Trinajstić information content (AvgIpc) is 2.46. The highest BCUT2D eigenvalue weighted by atomic mass is 79.9. The van der Waals surface area contributed by atoms with E-state index in [1.807, 2.05) is 6.66 Å². The van der Waals surface area contributed by atoms with E-state index in [0.29, 0.717) is 60.8 Å². The molecule has 0 bridgehead atoms. The Bertz CT molecular complexity index is 3370. The molecule has 1 unspecified atom stereocenters. The number of nitrogens with one attached hydrogen (secondary N) is 1. The molecule has 0 aliphatic carbocycles. The number of hydrogen-bond acceptors (Lipinski definition) is 16. The van der Waals surface area contributed by atoms with E-state index in [0.717, 1.165) is 31.6 Å². The largest absolute Gasteiger partial charge is 0.480 e. The highest BCUT2D eigenvalue weighted by Gasteiger charge is 2.37. The van der Waals surface area contributed by atoms with Gasteiger partial charge in [0.05, 0.1) is 56.8 Å². The quantitative estimate of drug-likeness (QED) is 0.0123. The topological polar surface area (TPSA) is 240 Å². The maximum absolute atomic E-state index is 13.5. The van der Waals surface area contributed by atoms with E-state index in [4.69, 9.17) is 40.6 Å². The lowest BCUT2D eigenvalue weighted by molar-refractivity contribution is -0.140. The molecule has 4 heterocycles. The summed E-state index contributed by atoms with van der Waals surface area (Å²) in [5, 5.41) is 14.6. The molecule has 6 aromatic rings. The van der Waals surface area contributed by atoms with Crippen molar-refractivity contribution in [3.63, 3.8) is 0 Å². The van der Waals surface area contributed by atoms with Gasteiger partial charge >= 0.3 is 18.5 Å². The van der Waals surface area contributed by atoms with Crippen molar-refractivity contribution in [2.75, 3.05) is 46.5 Å². The number of ether oxygens (including phenoxy) is 3. The van der Waals surface area contributed by atoms with Gasteiger partial charge in [0.15, 0.2) is 29.9 Å². The lowest BCUT2D eigenvalue weighted by Crippen LogP contribution is -2.33. The smallest absolute Gasteiger partial charge is 0.419 e. The third-order valence-electron chi connectivity index (χ3n) is 9.94. The summed E-state index contributed by atoms with van der Waals surface area (Å²) in [6, 6.07) is 15.8. The van der Waals surface area contributed by atoms with Gasteiger partial charge < -0.3 is 35.7 Å². The molecular formula is C49H40Br4F12N9O8PS. The number of benzene rings is 3. The number of hydrogen-bond donors (Lipinski definition) is 4. The number of pyridine rings is 3. The second kappa shape index (κ2) is 33.2. The van der Waals surface area contributed by atoms with E-state index >= 15 is 0 Å². The first-order valence-corrected chi connectivity index (χ1v) is 28.2. The van der Waals surface area contributed by atoms with Crippen LogP contribution in [-0.2, 0) is 40.0 Å². The zero-order valence-corrected chi connectivity index (χ0v) is 51.0. The maximum atomic E-state index is 13.5. The Kier molecular flexibility index (Phi) is 28.3. The molecule has 84 heavy (non-hydrogen) atoms. The molecule has 17 nitrogen and oxygen atoms in total. The van der Waals surface area contributed by atoms with Gasteiger partial charge in [-0.25, -0.2) is 33.6 Å². The number of Topliss-reactive ketones (excluding diaryl/α,β-unsaturated/α-hetero) is 2. The number of ketones is 2. The van der Waals surface area contributed by atoms with Crippen LogP contribution in [0.25, 0.3) is 0 Å². The van der Waals surface area contributed by atoms with E-state index in [-0.39, 0.29) is 57.7 Å². The number of aliphatic imine (C=N–C) groups is 1. The van der Waals surface area contributed by atoms with Gasteiger partial charge in [-0.15, -0.1) is 0 Å². The number of aromatic nitrogens is 3. The normalized spacial score (nSPS) is 13.3. The summed E-state index contributed by atoms with van der Waals surface area (Å²) in [5.41, 5.74) is 9.88. The molecule has 0 spiro atoms. The lowest BCUT2D eigenvalue weighted by atomic mass is 10.0. The highest BCUT2D eigenvalue weighted by molar-refractivity contribution is 9.11. The van der Waals surface area contributed by atoms with E-state index in [2.05, 4.69) is 111 Å². The molecule has 3 aromatic heterocycles. The predicted molar refractivity (Wildman–Crippen MR) is 300 cm³/mol. The first-order valence-electron chi connectivity index (χ1n) is 22.3. The van der Waals surface area contributed by atoms with Crippen molar-refractivity contribution in [2.45, 2.75) is 24.6 Å². The van der Waals surface area contributed by atoms with Crippen molar-refractivity contribution >= 4 is 112 Å². The molecule has 6 N–H and O–H groups in total.